The van der Waals surface area contributed by atoms with E-state index in [4.69, 9.17) is 0 Å². The highest BCUT2D eigenvalue weighted by molar-refractivity contribution is 7.89. The quantitative estimate of drug-likeness (QED) is 0.750. The minimum atomic E-state index is -3.07. The Kier molecular flexibility index (Phi) is 6.92. The van der Waals surface area contributed by atoms with E-state index in [1.165, 1.54) is 17.5 Å². The molecular weight excluding hydrogens is 386 g/mol. The molecule has 2 aromatic carbocycles. The molecule has 29 heavy (non-hydrogen) atoms. The number of piperazine rings is 1. The molecule has 0 aliphatic carbocycles. The molecule has 3 rings (SSSR count). The third-order valence-electron chi connectivity index (χ3n) is 5.10. The molecule has 1 aliphatic heterocycles. The topological polar surface area (TPSA) is 69.7 Å². The van der Waals surface area contributed by atoms with Gasteiger partial charge in [-0.05, 0) is 42.3 Å². The summed E-state index contributed by atoms with van der Waals surface area (Å²) < 4.78 is 22.7. The fourth-order valence-corrected chi connectivity index (χ4v) is 4.34. The van der Waals surface area contributed by atoms with E-state index < -0.39 is 9.84 Å². The average Bonchev–Trinajstić information content (AvgIpc) is 2.68. The summed E-state index contributed by atoms with van der Waals surface area (Å²) in [5.41, 5.74) is 3.79. The molecule has 1 amide bonds. The number of hydrogen-bond donors (Lipinski definition) is 1. The minimum Gasteiger partial charge on any atom is -0.369 e. The van der Waals surface area contributed by atoms with Gasteiger partial charge in [0, 0.05) is 56.8 Å². The van der Waals surface area contributed by atoms with Crippen LogP contribution >= 0.6 is 0 Å². The number of carbonyl (C=O) groups excluding carboxylic acids is 1. The van der Waals surface area contributed by atoms with Gasteiger partial charge in [0.2, 0.25) is 0 Å². The molecule has 7 heteroatoms. The van der Waals surface area contributed by atoms with Crippen LogP contribution in [0.15, 0.2) is 48.5 Å². The first-order valence-corrected chi connectivity index (χ1v) is 11.9. The zero-order valence-electron chi connectivity index (χ0n) is 17.1. The molecule has 0 aromatic heterocycles. The number of sulfone groups is 1. The van der Waals surface area contributed by atoms with Gasteiger partial charge < -0.3 is 10.2 Å². The number of benzene rings is 2. The molecular formula is C22H29N3O3S. The number of amides is 1. The lowest BCUT2D eigenvalue weighted by molar-refractivity contribution is 0.0948. The lowest BCUT2D eigenvalue weighted by Gasteiger charge is -2.36. The summed E-state index contributed by atoms with van der Waals surface area (Å²) in [6.07, 6.45) is 1.20. The van der Waals surface area contributed by atoms with Crippen molar-refractivity contribution in [2.24, 2.45) is 0 Å². The van der Waals surface area contributed by atoms with Crippen LogP contribution in [0.2, 0.25) is 0 Å². The van der Waals surface area contributed by atoms with Crippen molar-refractivity contribution in [3.8, 4) is 0 Å². The van der Waals surface area contributed by atoms with Gasteiger partial charge in [-0.25, -0.2) is 8.42 Å². The third-order valence-corrected chi connectivity index (χ3v) is 5.96. The van der Waals surface area contributed by atoms with Gasteiger partial charge in [0.25, 0.3) is 5.91 Å². The van der Waals surface area contributed by atoms with Crippen LogP contribution in [0.25, 0.3) is 0 Å². The van der Waals surface area contributed by atoms with Crippen LogP contribution < -0.4 is 10.2 Å². The van der Waals surface area contributed by atoms with Gasteiger partial charge in [-0.1, -0.05) is 24.3 Å². The van der Waals surface area contributed by atoms with Crippen molar-refractivity contribution in [2.45, 2.75) is 12.7 Å². The Morgan fingerprint density at radius 1 is 1.03 bits per heavy atom. The van der Waals surface area contributed by atoms with Crippen LogP contribution in [0.5, 0.6) is 0 Å². The summed E-state index contributed by atoms with van der Waals surface area (Å²) in [5.74, 6) is -0.141. The lowest BCUT2D eigenvalue weighted by Crippen LogP contribution is -2.48. The first kappa shape index (κ1) is 21.3. The van der Waals surface area contributed by atoms with Crippen molar-refractivity contribution < 1.29 is 13.2 Å². The molecule has 156 valence electrons. The van der Waals surface area contributed by atoms with Crippen LogP contribution in [0.4, 0.5) is 5.69 Å². The predicted molar refractivity (Wildman–Crippen MR) is 117 cm³/mol. The number of hydrogen-bond acceptors (Lipinski definition) is 5. The van der Waals surface area contributed by atoms with E-state index in [0.29, 0.717) is 17.7 Å². The zero-order chi connectivity index (χ0) is 20.9. The fraction of sp³-hybridized carbons (Fsp3) is 0.409. The number of nitrogens with zero attached hydrogens (tertiary/aromatic N) is 2. The van der Waals surface area contributed by atoms with E-state index in [2.05, 4.69) is 46.3 Å². The Morgan fingerprint density at radius 3 is 2.34 bits per heavy atom. The Balaban J connectivity index is 1.41. The van der Waals surface area contributed by atoms with E-state index in [0.717, 1.165) is 32.7 Å². The van der Waals surface area contributed by atoms with Gasteiger partial charge in [-0.2, -0.15) is 0 Å². The second-order valence-electron chi connectivity index (χ2n) is 7.69. The molecule has 0 spiro atoms. The molecule has 0 bridgehead atoms. The second kappa shape index (κ2) is 9.41. The monoisotopic (exact) mass is 415 g/mol. The number of aryl methyl sites for hydroxylation is 1. The fourth-order valence-electron chi connectivity index (χ4n) is 3.54. The first-order chi connectivity index (χ1) is 13.8. The van der Waals surface area contributed by atoms with Crippen LogP contribution in [0.1, 0.15) is 21.5 Å². The second-order valence-corrected chi connectivity index (χ2v) is 9.83. The van der Waals surface area contributed by atoms with E-state index in [-0.39, 0.29) is 11.7 Å². The van der Waals surface area contributed by atoms with Crippen molar-refractivity contribution in [3.63, 3.8) is 0 Å². The summed E-state index contributed by atoms with van der Waals surface area (Å²) in [6.45, 7) is 7.45. The van der Waals surface area contributed by atoms with Gasteiger partial charge in [0.05, 0.1) is 5.75 Å². The van der Waals surface area contributed by atoms with E-state index in [1.54, 1.807) is 24.3 Å². The standard InChI is InChI=1S/C22H29N3O3S/c1-18-4-3-5-21(16-18)25-14-12-24(13-15-25)11-10-23-22(26)20-8-6-19(7-9-20)17-29(2,27)28/h3-9,16H,10-15,17H2,1-2H3,(H,23,26). The maximum atomic E-state index is 12.3. The third kappa shape index (κ3) is 6.58. The summed E-state index contributed by atoms with van der Waals surface area (Å²) in [4.78, 5) is 17.1. The van der Waals surface area contributed by atoms with Crippen LogP contribution in [0, 0.1) is 6.92 Å². The maximum Gasteiger partial charge on any atom is 0.251 e. The van der Waals surface area contributed by atoms with E-state index in [9.17, 15) is 13.2 Å². The highest BCUT2D eigenvalue weighted by Gasteiger charge is 2.17. The van der Waals surface area contributed by atoms with Crippen molar-refractivity contribution >= 4 is 21.4 Å². The SMILES string of the molecule is Cc1cccc(N2CCN(CCNC(=O)c3ccc(CS(C)(=O)=O)cc3)CC2)c1. The Bertz CT molecular complexity index is 934. The van der Waals surface area contributed by atoms with Gasteiger partial charge in [0.15, 0.2) is 9.84 Å². The number of nitrogens with one attached hydrogen (secondary N) is 1. The largest absolute Gasteiger partial charge is 0.369 e. The smallest absolute Gasteiger partial charge is 0.251 e. The van der Waals surface area contributed by atoms with Gasteiger partial charge in [-0.3, -0.25) is 9.69 Å². The normalized spacial score (nSPS) is 15.3. The molecule has 2 aromatic rings. The van der Waals surface area contributed by atoms with Crippen LogP contribution in [-0.2, 0) is 15.6 Å². The summed E-state index contributed by atoms with van der Waals surface area (Å²) in [6, 6.07) is 15.3. The van der Waals surface area contributed by atoms with Gasteiger partial charge >= 0.3 is 0 Å². The molecule has 6 nitrogen and oxygen atoms in total. The van der Waals surface area contributed by atoms with E-state index in [1.807, 2.05) is 0 Å². The van der Waals surface area contributed by atoms with Crippen molar-refractivity contribution in [1.29, 1.82) is 0 Å². The highest BCUT2D eigenvalue weighted by atomic mass is 32.2. The average molecular weight is 416 g/mol. The molecule has 0 saturated carbocycles. The number of rotatable bonds is 7. The van der Waals surface area contributed by atoms with Crippen molar-refractivity contribution in [3.05, 3.63) is 65.2 Å². The molecule has 0 radical (unpaired) electrons. The molecule has 1 saturated heterocycles. The predicted octanol–water partition coefficient (Wildman–Crippen LogP) is 2.09. The summed E-state index contributed by atoms with van der Waals surface area (Å²) in [5, 5.41) is 2.95. The zero-order valence-corrected chi connectivity index (χ0v) is 17.9. The molecule has 1 aliphatic rings. The molecule has 1 N–H and O–H groups in total. The van der Waals surface area contributed by atoms with Gasteiger partial charge in [0.1, 0.15) is 0 Å². The van der Waals surface area contributed by atoms with E-state index >= 15 is 0 Å². The Labute approximate surface area is 173 Å². The summed E-state index contributed by atoms with van der Waals surface area (Å²) >= 11 is 0. The number of anilines is 1. The van der Waals surface area contributed by atoms with Crippen LogP contribution in [-0.4, -0.2) is 64.7 Å². The molecule has 1 fully saturated rings. The van der Waals surface area contributed by atoms with Crippen LogP contribution in [0.3, 0.4) is 0 Å². The lowest BCUT2D eigenvalue weighted by atomic mass is 10.1. The molecule has 0 unspecified atom stereocenters. The highest BCUT2D eigenvalue weighted by Crippen LogP contribution is 2.17. The minimum absolute atomic E-state index is 0.0105. The van der Waals surface area contributed by atoms with Crippen molar-refractivity contribution in [2.75, 3.05) is 50.4 Å². The summed E-state index contributed by atoms with van der Waals surface area (Å²) in [7, 11) is -3.07. The number of carbonyl (C=O) groups is 1. The Hall–Kier alpha value is -2.38. The molecule has 1 heterocycles. The van der Waals surface area contributed by atoms with Gasteiger partial charge in [-0.15, -0.1) is 0 Å². The molecule has 0 atom stereocenters. The Morgan fingerprint density at radius 2 is 1.72 bits per heavy atom. The van der Waals surface area contributed by atoms with Crippen molar-refractivity contribution in [1.82, 2.24) is 10.2 Å². The maximum absolute atomic E-state index is 12.3. The first-order valence-electron chi connectivity index (χ1n) is 9.89.